The van der Waals surface area contributed by atoms with Gasteiger partial charge in [0.2, 0.25) is 0 Å². The molecule has 2 heterocycles. The Labute approximate surface area is 62.0 Å². The van der Waals surface area contributed by atoms with Crippen LogP contribution >= 0.6 is 0 Å². The number of nitrogens with zero attached hydrogens (tertiary/aromatic N) is 2. The quantitative estimate of drug-likeness (QED) is 0.483. The second-order valence-electron chi connectivity index (χ2n) is 3.26. The van der Waals surface area contributed by atoms with Crippen molar-refractivity contribution in [1.29, 1.82) is 0 Å². The van der Waals surface area contributed by atoms with Crippen LogP contribution in [0.3, 0.4) is 0 Å². The number of piperazine rings is 1. The van der Waals surface area contributed by atoms with Gasteiger partial charge in [-0.1, -0.05) is 0 Å². The van der Waals surface area contributed by atoms with E-state index in [1.54, 1.807) is 0 Å². The average molecular weight is 141 g/mol. The Morgan fingerprint density at radius 1 is 1.20 bits per heavy atom. The molecule has 2 saturated heterocycles. The Hall–Kier alpha value is -0.120. The highest BCUT2D eigenvalue weighted by Gasteiger charge is 2.29. The maximum absolute atomic E-state index is 3.33. The minimum Gasteiger partial charge on any atom is -0.304 e. The van der Waals surface area contributed by atoms with Gasteiger partial charge < -0.3 is 4.90 Å². The highest BCUT2D eigenvalue weighted by molar-refractivity contribution is 4.86. The van der Waals surface area contributed by atoms with Gasteiger partial charge in [-0.15, -0.1) is 0 Å². The molecule has 0 amide bonds. The summed E-state index contributed by atoms with van der Waals surface area (Å²) in [6, 6.07) is 0. The Morgan fingerprint density at radius 3 is 2.30 bits per heavy atom. The van der Waals surface area contributed by atoms with Crippen molar-refractivity contribution in [3.05, 3.63) is 0 Å². The van der Waals surface area contributed by atoms with Crippen LogP contribution in [0.4, 0.5) is 0 Å². The normalized spacial score (nSPS) is 36.3. The van der Waals surface area contributed by atoms with Crippen molar-refractivity contribution in [1.82, 2.24) is 15.1 Å². The molecule has 2 aliphatic rings. The van der Waals surface area contributed by atoms with Gasteiger partial charge in [0.05, 0.1) is 6.17 Å². The molecule has 58 valence electrons. The molecular formula is C7H15N3. The van der Waals surface area contributed by atoms with E-state index < -0.39 is 0 Å². The van der Waals surface area contributed by atoms with Crippen LogP contribution in [0.1, 0.15) is 0 Å². The highest BCUT2D eigenvalue weighted by Crippen LogP contribution is 2.08. The van der Waals surface area contributed by atoms with Crippen molar-refractivity contribution in [2.24, 2.45) is 0 Å². The van der Waals surface area contributed by atoms with E-state index in [1.807, 2.05) is 0 Å². The summed E-state index contributed by atoms with van der Waals surface area (Å²) in [7, 11) is 2.19. The molecule has 2 aliphatic heterocycles. The maximum Gasteiger partial charge on any atom is 0.0728 e. The summed E-state index contributed by atoms with van der Waals surface area (Å²) in [6.07, 6.45) is 0.730. The molecule has 0 aromatic heterocycles. The van der Waals surface area contributed by atoms with E-state index >= 15 is 0 Å². The molecule has 10 heavy (non-hydrogen) atoms. The number of hydrogen-bond acceptors (Lipinski definition) is 3. The molecule has 1 unspecified atom stereocenters. The summed E-state index contributed by atoms with van der Waals surface area (Å²) in [6.45, 7) is 6.17. The van der Waals surface area contributed by atoms with Crippen LogP contribution in [0.25, 0.3) is 0 Å². The minimum atomic E-state index is 0.730. The second kappa shape index (κ2) is 2.49. The number of rotatable bonds is 1. The maximum atomic E-state index is 3.33. The van der Waals surface area contributed by atoms with Gasteiger partial charge in [-0.25, -0.2) is 0 Å². The molecule has 0 saturated carbocycles. The van der Waals surface area contributed by atoms with Crippen LogP contribution in [0, 0.1) is 0 Å². The first kappa shape index (κ1) is 6.58. The Balaban J connectivity index is 1.79. The predicted octanol–water partition coefficient (Wildman–Crippen LogP) is -0.837. The van der Waals surface area contributed by atoms with E-state index in [9.17, 15) is 0 Å². The Kier molecular flexibility index (Phi) is 1.64. The van der Waals surface area contributed by atoms with E-state index in [0.717, 1.165) is 6.17 Å². The van der Waals surface area contributed by atoms with Crippen molar-refractivity contribution in [2.75, 3.05) is 39.8 Å². The van der Waals surface area contributed by atoms with Gasteiger partial charge in [0.25, 0.3) is 0 Å². The van der Waals surface area contributed by atoms with Crippen molar-refractivity contribution >= 4 is 0 Å². The molecule has 0 aromatic carbocycles. The summed E-state index contributed by atoms with van der Waals surface area (Å²) in [5, 5.41) is 3.33. The average Bonchev–Trinajstić information content (AvgIpc) is 2.71. The molecule has 2 rings (SSSR count). The van der Waals surface area contributed by atoms with Gasteiger partial charge in [0.15, 0.2) is 0 Å². The third-order valence-corrected chi connectivity index (χ3v) is 2.37. The van der Waals surface area contributed by atoms with E-state index in [0.29, 0.717) is 0 Å². The standard InChI is InChI=1S/C7H15N3/c1-9-2-4-10(5-3-9)7-6-8-7/h7-8H,2-6H2,1H3. The number of nitrogens with one attached hydrogen (secondary N) is 1. The lowest BCUT2D eigenvalue weighted by molar-refractivity contribution is 0.146. The molecule has 1 N–H and O–H groups in total. The topological polar surface area (TPSA) is 28.4 Å². The molecular weight excluding hydrogens is 126 g/mol. The van der Waals surface area contributed by atoms with Crippen molar-refractivity contribution in [3.8, 4) is 0 Å². The molecule has 0 radical (unpaired) electrons. The fourth-order valence-corrected chi connectivity index (χ4v) is 1.44. The van der Waals surface area contributed by atoms with E-state index in [-0.39, 0.29) is 0 Å². The Bertz CT molecular complexity index is 114. The van der Waals surface area contributed by atoms with E-state index in [4.69, 9.17) is 0 Å². The number of likely N-dealkylation sites (N-methyl/N-ethyl adjacent to an activating group) is 1. The first-order valence-electron chi connectivity index (χ1n) is 4.02. The highest BCUT2D eigenvalue weighted by atomic mass is 15.4. The first-order valence-corrected chi connectivity index (χ1v) is 4.02. The zero-order valence-electron chi connectivity index (χ0n) is 6.51. The molecule has 3 heteroatoms. The summed E-state index contributed by atoms with van der Waals surface area (Å²) in [4.78, 5) is 4.92. The van der Waals surface area contributed by atoms with Crippen molar-refractivity contribution in [3.63, 3.8) is 0 Å². The summed E-state index contributed by atoms with van der Waals surface area (Å²) >= 11 is 0. The molecule has 0 spiro atoms. The van der Waals surface area contributed by atoms with Crippen molar-refractivity contribution in [2.45, 2.75) is 6.17 Å². The summed E-state index contributed by atoms with van der Waals surface area (Å²) in [5.74, 6) is 0. The zero-order chi connectivity index (χ0) is 6.97. The predicted molar refractivity (Wildman–Crippen MR) is 40.9 cm³/mol. The smallest absolute Gasteiger partial charge is 0.0728 e. The third-order valence-electron chi connectivity index (χ3n) is 2.37. The van der Waals surface area contributed by atoms with Crippen LogP contribution < -0.4 is 5.32 Å². The molecule has 0 aromatic rings. The van der Waals surface area contributed by atoms with Gasteiger partial charge in [0, 0.05) is 32.7 Å². The first-order chi connectivity index (χ1) is 4.86. The third kappa shape index (κ3) is 1.31. The Morgan fingerprint density at radius 2 is 1.80 bits per heavy atom. The van der Waals surface area contributed by atoms with Gasteiger partial charge in [-0.2, -0.15) is 0 Å². The van der Waals surface area contributed by atoms with Gasteiger partial charge in [-0.05, 0) is 7.05 Å². The second-order valence-corrected chi connectivity index (χ2v) is 3.26. The van der Waals surface area contributed by atoms with Crippen LogP contribution in [0.5, 0.6) is 0 Å². The summed E-state index contributed by atoms with van der Waals surface area (Å²) in [5.41, 5.74) is 0. The lowest BCUT2D eigenvalue weighted by atomic mass is 10.3. The fraction of sp³-hybridized carbons (Fsp3) is 1.00. The summed E-state index contributed by atoms with van der Waals surface area (Å²) < 4.78 is 0. The molecule has 3 nitrogen and oxygen atoms in total. The molecule has 1 atom stereocenters. The van der Waals surface area contributed by atoms with Gasteiger partial charge in [-0.3, -0.25) is 10.2 Å². The largest absolute Gasteiger partial charge is 0.304 e. The van der Waals surface area contributed by atoms with E-state index in [2.05, 4.69) is 22.2 Å². The minimum absolute atomic E-state index is 0.730. The molecule has 2 fully saturated rings. The molecule has 0 bridgehead atoms. The lowest BCUT2D eigenvalue weighted by Crippen LogP contribution is -2.46. The molecule has 0 aliphatic carbocycles. The van der Waals surface area contributed by atoms with Gasteiger partial charge >= 0.3 is 0 Å². The zero-order valence-corrected chi connectivity index (χ0v) is 6.51. The van der Waals surface area contributed by atoms with Crippen LogP contribution in [-0.4, -0.2) is 55.7 Å². The SMILES string of the molecule is CN1CCN(C2CN2)CC1. The lowest BCUT2D eigenvalue weighted by Gasteiger charge is -2.31. The van der Waals surface area contributed by atoms with E-state index in [1.165, 1.54) is 32.7 Å². The number of hydrogen-bond donors (Lipinski definition) is 1. The van der Waals surface area contributed by atoms with Crippen LogP contribution in [0.2, 0.25) is 0 Å². The monoisotopic (exact) mass is 141 g/mol. The van der Waals surface area contributed by atoms with Crippen LogP contribution in [-0.2, 0) is 0 Å². The van der Waals surface area contributed by atoms with Crippen molar-refractivity contribution < 1.29 is 0 Å². The van der Waals surface area contributed by atoms with Crippen LogP contribution in [0.15, 0.2) is 0 Å². The van der Waals surface area contributed by atoms with Gasteiger partial charge in [0.1, 0.15) is 0 Å². The fourth-order valence-electron chi connectivity index (χ4n) is 1.44.